The third kappa shape index (κ3) is 7.05. The van der Waals surface area contributed by atoms with Crippen LogP contribution in [0.15, 0.2) is 10.4 Å². The van der Waals surface area contributed by atoms with Crippen molar-refractivity contribution >= 4 is 43.6 Å². The van der Waals surface area contributed by atoms with Crippen molar-refractivity contribution in [2.75, 3.05) is 0 Å². The zero-order chi connectivity index (χ0) is 5.86. The number of alkyl halides is 1. The van der Waals surface area contributed by atoms with Gasteiger partial charge in [-0.25, -0.2) is 0 Å². The number of rotatable bonds is 2. The van der Waals surface area contributed by atoms with Gasteiger partial charge in [-0.05, 0) is 22.9 Å². The lowest BCUT2D eigenvalue weighted by Crippen LogP contribution is -1.75. The van der Waals surface area contributed by atoms with E-state index in [1.165, 1.54) is 0 Å². The molecule has 0 aliphatic rings. The van der Waals surface area contributed by atoms with Crippen molar-refractivity contribution in [2.24, 2.45) is 0 Å². The second-order valence-electron chi connectivity index (χ2n) is 1.02. The van der Waals surface area contributed by atoms with Crippen molar-refractivity contribution in [3.05, 3.63) is 10.4 Å². The van der Waals surface area contributed by atoms with Gasteiger partial charge in [0.1, 0.15) is 0 Å². The Bertz CT molecular complexity index is 70.1. The summed E-state index contributed by atoms with van der Waals surface area (Å²) in [5, 5.41) is 0. The van der Waals surface area contributed by atoms with Crippen LogP contribution in [0.3, 0.4) is 0 Å². The predicted octanol–water partition coefficient (Wildman–Crippen LogP) is 3.33. The average molecular weight is 246 g/mol. The van der Waals surface area contributed by atoms with E-state index in [0.29, 0.717) is 4.16 Å². The molecule has 0 spiro atoms. The Morgan fingerprint density at radius 2 is 2.29 bits per heavy atom. The predicted molar refractivity (Wildman–Crippen MR) is 44.0 cm³/mol. The van der Waals surface area contributed by atoms with Gasteiger partial charge in [0, 0.05) is 3.81 Å². The monoisotopic (exact) mass is 244 g/mol. The Morgan fingerprint density at radius 1 is 1.86 bits per heavy atom. The molecule has 42 valence electrons. The van der Waals surface area contributed by atoms with Crippen LogP contribution in [-0.2, 0) is 0 Å². The standard InChI is InChI=1S/C4H6Br2S/c1-3(5)7-4(2)6/h4H,1H2,2H3/t4-/m1/s1. The zero-order valence-corrected chi connectivity index (χ0v) is 7.94. The van der Waals surface area contributed by atoms with Crippen LogP contribution in [0.2, 0.25) is 0 Å². The van der Waals surface area contributed by atoms with E-state index >= 15 is 0 Å². The van der Waals surface area contributed by atoms with Gasteiger partial charge in [-0.15, -0.1) is 11.8 Å². The van der Waals surface area contributed by atoms with Gasteiger partial charge in [-0.3, -0.25) is 0 Å². The van der Waals surface area contributed by atoms with E-state index in [-0.39, 0.29) is 0 Å². The molecule has 3 heteroatoms. The van der Waals surface area contributed by atoms with Crippen molar-refractivity contribution in [3.8, 4) is 0 Å². The minimum Gasteiger partial charge on any atom is -0.104 e. The topological polar surface area (TPSA) is 0 Å². The molecule has 0 unspecified atom stereocenters. The molecule has 0 saturated heterocycles. The second-order valence-corrected chi connectivity index (χ2v) is 5.91. The smallest absolute Gasteiger partial charge is 0.0624 e. The van der Waals surface area contributed by atoms with E-state index in [1.807, 2.05) is 0 Å². The quantitative estimate of drug-likeness (QED) is 0.673. The van der Waals surface area contributed by atoms with Crippen LogP contribution in [0.5, 0.6) is 0 Å². The van der Waals surface area contributed by atoms with Crippen LogP contribution in [0.4, 0.5) is 0 Å². The van der Waals surface area contributed by atoms with Crippen molar-refractivity contribution in [2.45, 2.75) is 11.1 Å². The first kappa shape index (κ1) is 8.05. The minimum atomic E-state index is 0.458. The van der Waals surface area contributed by atoms with E-state index in [9.17, 15) is 0 Å². The molecular formula is C4H6Br2S. The summed E-state index contributed by atoms with van der Waals surface area (Å²) in [4.78, 5) is 0. The van der Waals surface area contributed by atoms with E-state index < -0.39 is 0 Å². The van der Waals surface area contributed by atoms with Gasteiger partial charge in [-0.1, -0.05) is 22.5 Å². The highest BCUT2D eigenvalue weighted by Gasteiger charge is 1.94. The van der Waals surface area contributed by atoms with Gasteiger partial charge in [0.2, 0.25) is 0 Å². The van der Waals surface area contributed by atoms with Crippen LogP contribution >= 0.6 is 43.6 Å². The molecule has 0 amide bonds. The molecule has 0 saturated carbocycles. The summed E-state index contributed by atoms with van der Waals surface area (Å²) in [5.41, 5.74) is 0. The maximum Gasteiger partial charge on any atom is 0.0624 e. The molecular weight excluding hydrogens is 240 g/mol. The third-order valence-electron chi connectivity index (χ3n) is 0.290. The van der Waals surface area contributed by atoms with Crippen molar-refractivity contribution in [3.63, 3.8) is 0 Å². The van der Waals surface area contributed by atoms with Crippen molar-refractivity contribution in [1.29, 1.82) is 0 Å². The Hall–Kier alpha value is 1.05. The van der Waals surface area contributed by atoms with Gasteiger partial charge in [0.25, 0.3) is 0 Å². The molecule has 0 nitrogen and oxygen atoms in total. The Labute approximate surface area is 65.0 Å². The van der Waals surface area contributed by atoms with Gasteiger partial charge < -0.3 is 0 Å². The number of hydrogen-bond donors (Lipinski definition) is 0. The van der Waals surface area contributed by atoms with Crippen LogP contribution in [0, 0.1) is 0 Å². The molecule has 0 heterocycles. The summed E-state index contributed by atoms with van der Waals surface area (Å²) in [6.07, 6.45) is 0. The van der Waals surface area contributed by atoms with Gasteiger partial charge in [0.05, 0.1) is 4.16 Å². The zero-order valence-electron chi connectivity index (χ0n) is 3.95. The average Bonchev–Trinajstić information content (AvgIpc) is 1.27. The highest BCUT2D eigenvalue weighted by atomic mass is 79.9. The van der Waals surface area contributed by atoms with Crippen LogP contribution in [-0.4, -0.2) is 4.16 Å². The summed E-state index contributed by atoms with van der Waals surface area (Å²) in [5.74, 6) is 0. The molecule has 0 aromatic carbocycles. The molecule has 0 rings (SSSR count). The molecule has 0 N–H and O–H groups in total. The van der Waals surface area contributed by atoms with Crippen LogP contribution in [0.1, 0.15) is 6.92 Å². The highest BCUT2D eigenvalue weighted by Crippen LogP contribution is 2.27. The fraction of sp³-hybridized carbons (Fsp3) is 0.500. The van der Waals surface area contributed by atoms with Crippen LogP contribution < -0.4 is 0 Å². The second kappa shape index (κ2) is 3.98. The van der Waals surface area contributed by atoms with Crippen molar-refractivity contribution < 1.29 is 0 Å². The Morgan fingerprint density at radius 3 is 2.29 bits per heavy atom. The van der Waals surface area contributed by atoms with Gasteiger partial charge in [0.15, 0.2) is 0 Å². The first-order chi connectivity index (χ1) is 3.13. The summed E-state index contributed by atoms with van der Waals surface area (Å²) in [6.45, 7) is 5.70. The van der Waals surface area contributed by atoms with E-state index in [4.69, 9.17) is 0 Å². The third-order valence-corrected chi connectivity index (χ3v) is 1.99. The van der Waals surface area contributed by atoms with E-state index in [1.54, 1.807) is 11.8 Å². The SMILES string of the molecule is C=C(Br)S[C@H](C)Br. The molecule has 1 atom stereocenters. The van der Waals surface area contributed by atoms with Crippen LogP contribution in [0.25, 0.3) is 0 Å². The van der Waals surface area contributed by atoms with E-state index in [2.05, 4.69) is 45.4 Å². The Kier molecular flexibility index (Phi) is 4.58. The molecule has 0 aliphatic heterocycles. The fourth-order valence-corrected chi connectivity index (χ4v) is 2.80. The molecule has 0 aromatic rings. The number of halogens is 2. The first-order valence-corrected chi connectivity index (χ1v) is 4.37. The Balaban J connectivity index is 3.13. The summed E-state index contributed by atoms with van der Waals surface area (Å²) >= 11 is 8.21. The lowest BCUT2D eigenvalue weighted by Gasteiger charge is -1.96. The molecule has 0 fully saturated rings. The van der Waals surface area contributed by atoms with E-state index in [0.717, 1.165) is 3.81 Å². The first-order valence-electron chi connectivity index (χ1n) is 1.78. The summed E-state index contributed by atoms with van der Waals surface area (Å²) < 4.78 is 1.43. The lowest BCUT2D eigenvalue weighted by atomic mass is 11.0. The number of thioether (sulfide) groups is 1. The fourth-order valence-electron chi connectivity index (χ4n) is 0.176. The largest absolute Gasteiger partial charge is 0.104 e. The van der Waals surface area contributed by atoms with Gasteiger partial charge >= 0.3 is 0 Å². The highest BCUT2D eigenvalue weighted by molar-refractivity contribution is 9.15. The summed E-state index contributed by atoms with van der Waals surface area (Å²) in [7, 11) is 0. The normalized spacial score (nSPS) is 13.6. The molecule has 7 heavy (non-hydrogen) atoms. The molecule has 0 aliphatic carbocycles. The maximum atomic E-state index is 3.64. The molecule has 0 radical (unpaired) electrons. The summed E-state index contributed by atoms with van der Waals surface area (Å²) in [6, 6.07) is 0. The molecule has 0 aromatic heterocycles. The molecule has 0 bridgehead atoms. The van der Waals surface area contributed by atoms with Crippen molar-refractivity contribution in [1.82, 2.24) is 0 Å². The maximum absolute atomic E-state index is 3.64. The van der Waals surface area contributed by atoms with Gasteiger partial charge in [-0.2, -0.15) is 0 Å². The lowest BCUT2D eigenvalue weighted by molar-refractivity contribution is 1.46. The number of hydrogen-bond acceptors (Lipinski definition) is 1. The minimum absolute atomic E-state index is 0.458.